The van der Waals surface area contributed by atoms with Gasteiger partial charge in [-0.2, -0.15) is 0 Å². The Bertz CT molecular complexity index is 1050. The predicted molar refractivity (Wildman–Crippen MR) is 106 cm³/mol. The van der Waals surface area contributed by atoms with Gasteiger partial charge < -0.3 is 10.6 Å². The third-order valence-corrected chi connectivity index (χ3v) is 4.57. The number of hydrogen-bond acceptors (Lipinski definition) is 5. The van der Waals surface area contributed by atoms with Gasteiger partial charge in [-0.3, -0.25) is 19.0 Å². The molecule has 0 aliphatic heterocycles. The number of thioether (sulfide) groups is 1. The molecule has 138 valence electrons. The van der Waals surface area contributed by atoms with Crippen LogP contribution in [0.25, 0.3) is 10.9 Å². The number of nitrogens with one attached hydrogen (secondary N) is 2. The standard InChI is InChI=1S/C19H18N4O3S/c1-27-14-6-4-5-13(9-14)22-17(24)10-20-18(25)11-23-12-21-16-8-3-2-7-15(16)19(23)26/h2-9,12H,10-11H2,1H3,(H,20,25)(H,22,24). The Morgan fingerprint density at radius 2 is 1.93 bits per heavy atom. The molecule has 7 nitrogen and oxygen atoms in total. The Balaban J connectivity index is 1.57. The van der Waals surface area contributed by atoms with E-state index in [0.29, 0.717) is 16.6 Å². The third kappa shape index (κ3) is 4.73. The van der Waals surface area contributed by atoms with Gasteiger partial charge >= 0.3 is 0 Å². The molecular formula is C19H18N4O3S. The molecule has 3 rings (SSSR count). The van der Waals surface area contributed by atoms with Gasteiger partial charge in [0.1, 0.15) is 6.54 Å². The molecule has 0 saturated carbocycles. The summed E-state index contributed by atoms with van der Waals surface area (Å²) in [5.41, 5.74) is 0.941. The maximum atomic E-state index is 12.4. The fourth-order valence-electron chi connectivity index (χ4n) is 2.51. The van der Waals surface area contributed by atoms with Crippen molar-refractivity contribution in [2.75, 3.05) is 18.1 Å². The molecule has 2 N–H and O–H groups in total. The first kappa shape index (κ1) is 18.7. The predicted octanol–water partition coefficient (Wildman–Crippen LogP) is 1.87. The van der Waals surface area contributed by atoms with E-state index < -0.39 is 5.91 Å². The fourth-order valence-corrected chi connectivity index (χ4v) is 2.97. The van der Waals surface area contributed by atoms with Crippen molar-refractivity contribution >= 4 is 40.2 Å². The minimum Gasteiger partial charge on any atom is -0.345 e. The molecule has 8 heteroatoms. The Hall–Kier alpha value is -3.13. The summed E-state index contributed by atoms with van der Waals surface area (Å²) in [4.78, 5) is 41.6. The van der Waals surface area contributed by atoms with Gasteiger partial charge in [0.05, 0.1) is 23.8 Å². The second-order valence-corrected chi connectivity index (χ2v) is 6.63. The topological polar surface area (TPSA) is 93.1 Å². The summed E-state index contributed by atoms with van der Waals surface area (Å²) < 4.78 is 1.22. The van der Waals surface area contributed by atoms with Gasteiger partial charge in [0.15, 0.2) is 0 Å². The van der Waals surface area contributed by atoms with Crippen LogP contribution in [0.4, 0.5) is 5.69 Å². The van der Waals surface area contributed by atoms with Crippen molar-refractivity contribution in [3.63, 3.8) is 0 Å². The van der Waals surface area contributed by atoms with Gasteiger partial charge in [-0.15, -0.1) is 11.8 Å². The van der Waals surface area contributed by atoms with E-state index >= 15 is 0 Å². The first-order valence-corrected chi connectivity index (χ1v) is 9.44. The van der Waals surface area contributed by atoms with Crippen LogP contribution in [0.2, 0.25) is 0 Å². The van der Waals surface area contributed by atoms with Crippen molar-refractivity contribution in [1.82, 2.24) is 14.9 Å². The summed E-state index contributed by atoms with van der Waals surface area (Å²) in [6, 6.07) is 14.3. The van der Waals surface area contributed by atoms with E-state index in [4.69, 9.17) is 0 Å². The van der Waals surface area contributed by atoms with Crippen LogP contribution in [0.5, 0.6) is 0 Å². The lowest BCUT2D eigenvalue weighted by atomic mass is 10.2. The van der Waals surface area contributed by atoms with E-state index in [1.165, 1.54) is 10.9 Å². The number of carbonyl (C=O) groups is 2. The molecule has 0 spiro atoms. The number of para-hydroxylation sites is 1. The molecule has 0 fully saturated rings. The summed E-state index contributed by atoms with van der Waals surface area (Å²) in [6.45, 7) is -0.385. The van der Waals surface area contributed by atoms with Crippen LogP contribution in [-0.2, 0) is 16.1 Å². The molecule has 0 bridgehead atoms. The summed E-state index contributed by atoms with van der Waals surface area (Å²) in [5.74, 6) is -0.784. The Morgan fingerprint density at radius 1 is 1.11 bits per heavy atom. The highest BCUT2D eigenvalue weighted by atomic mass is 32.2. The molecule has 0 unspecified atom stereocenters. The molecule has 0 atom stereocenters. The van der Waals surface area contributed by atoms with Crippen LogP contribution in [0.3, 0.4) is 0 Å². The molecule has 0 aliphatic carbocycles. The zero-order chi connectivity index (χ0) is 19.2. The van der Waals surface area contributed by atoms with Gasteiger partial charge in [0, 0.05) is 10.6 Å². The minimum atomic E-state index is -0.442. The first-order valence-electron chi connectivity index (χ1n) is 8.21. The molecule has 27 heavy (non-hydrogen) atoms. The number of anilines is 1. The molecule has 2 aromatic carbocycles. The first-order chi connectivity index (χ1) is 13.1. The van der Waals surface area contributed by atoms with E-state index in [2.05, 4.69) is 15.6 Å². The molecule has 1 aromatic heterocycles. The maximum Gasteiger partial charge on any atom is 0.261 e. The Kier molecular flexibility index (Phi) is 5.87. The zero-order valence-corrected chi connectivity index (χ0v) is 15.5. The van der Waals surface area contributed by atoms with Crippen LogP contribution in [-0.4, -0.2) is 34.2 Å². The van der Waals surface area contributed by atoms with E-state index in [9.17, 15) is 14.4 Å². The lowest BCUT2D eigenvalue weighted by Gasteiger charge is -2.09. The van der Waals surface area contributed by atoms with E-state index in [1.807, 2.05) is 24.5 Å². The second-order valence-electron chi connectivity index (χ2n) is 5.75. The number of aromatic nitrogens is 2. The number of benzene rings is 2. The van der Waals surface area contributed by atoms with Crippen LogP contribution >= 0.6 is 11.8 Å². The molecule has 0 aliphatic rings. The quantitative estimate of drug-likeness (QED) is 0.635. The number of rotatable bonds is 6. The SMILES string of the molecule is CSc1cccc(NC(=O)CNC(=O)Cn2cnc3ccccc3c2=O)c1. The van der Waals surface area contributed by atoms with Crippen LogP contribution < -0.4 is 16.2 Å². The van der Waals surface area contributed by atoms with Crippen molar-refractivity contribution in [2.24, 2.45) is 0 Å². The van der Waals surface area contributed by atoms with E-state index in [1.54, 1.807) is 42.1 Å². The molecule has 2 amide bonds. The summed E-state index contributed by atoms with van der Waals surface area (Å²) in [6.07, 6.45) is 3.28. The van der Waals surface area contributed by atoms with Crippen LogP contribution in [0.1, 0.15) is 0 Å². The number of carbonyl (C=O) groups excluding carboxylic acids is 2. The van der Waals surface area contributed by atoms with E-state index in [0.717, 1.165) is 4.90 Å². The summed E-state index contributed by atoms with van der Waals surface area (Å²) in [5, 5.41) is 5.68. The van der Waals surface area contributed by atoms with Crippen molar-refractivity contribution in [3.8, 4) is 0 Å². The van der Waals surface area contributed by atoms with Crippen LogP contribution in [0, 0.1) is 0 Å². The molecule has 3 aromatic rings. The molecular weight excluding hydrogens is 364 g/mol. The normalized spacial score (nSPS) is 10.6. The maximum absolute atomic E-state index is 12.4. The van der Waals surface area contributed by atoms with Gasteiger partial charge in [-0.1, -0.05) is 18.2 Å². The zero-order valence-electron chi connectivity index (χ0n) is 14.6. The highest BCUT2D eigenvalue weighted by molar-refractivity contribution is 7.98. The van der Waals surface area contributed by atoms with Gasteiger partial charge in [-0.25, -0.2) is 4.98 Å². The average Bonchev–Trinajstić information content (AvgIpc) is 2.69. The number of amides is 2. The molecule has 1 heterocycles. The third-order valence-electron chi connectivity index (χ3n) is 3.85. The smallest absolute Gasteiger partial charge is 0.261 e. The number of hydrogen-bond donors (Lipinski definition) is 2. The van der Waals surface area contributed by atoms with Crippen molar-refractivity contribution in [2.45, 2.75) is 11.4 Å². The van der Waals surface area contributed by atoms with Crippen molar-refractivity contribution in [1.29, 1.82) is 0 Å². The fraction of sp³-hybridized carbons (Fsp3) is 0.158. The summed E-state index contributed by atoms with van der Waals surface area (Å²) in [7, 11) is 0. The largest absolute Gasteiger partial charge is 0.345 e. The average molecular weight is 382 g/mol. The van der Waals surface area contributed by atoms with Crippen LogP contribution in [0.15, 0.2) is 64.5 Å². The van der Waals surface area contributed by atoms with Crippen molar-refractivity contribution < 1.29 is 9.59 Å². The number of fused-ring (bicyclic) bond motifs is 1. The monoisotopic (exact) mass is 382 g/mol. The Morgan fingerprint density at radius 3 is 2.74 bits per heavy atom. The van der Waals surface area contributed by atoms with Crippen molar-refractivity contribution in [3.05, 3.63) is 65.2 Å². The highest BCUT2D eigenvalue weighted by Gasteiger charge is 2.10. The summed E-state index contributed by atoms with van der Waals surface area (Å²) >= 11 is 1.57. The molecule has 0 radical (unpaired) electrons. The second kappa shape index (κ2) is 8.50. The molecule has 0 saturated heterocycles. The van der Waals surface area contributed by atoms with Gasteiger partial charge in [-0.05, 0) is 36.6 Å². The van der Waals surface area contributed by atoms with Gasteiger partial charge in [0.2, 0.25) is 11.8 Å². The van der Waals surface area contributed by atoms with E-state index in [-0.39, 0.29) is 24.6 Å². The lowest BCUT2D eigenvalue weighted by Crippen LogP contribution is -2.37. The lowest BCUT2D eigenvalue weighted by molar-refractivity contribution is -0.124. The van der Waals surface area contributed by atoms with Gasteiger partial charge in [0.25, 0.3) is 5.56 Å². The highest BCUT2D eigenvalue weighted by Crippen LogP contribution is 2.18. The minimum absolute atomic E-state index is 0.182. The Labute approximate surface area is 159 Å². The number of nitrogens with zero attached hydrogens (tertiary/aromatic N) is 2.